The first-order valence-electron chi connectivity index (χ1n) is 11.8. The van der Waals surface area contributed by atoms with Crippen LogP contribution in [0.25, 0.3) is 0 Å². The van der Waals surface area contributed by atoms with Crippen LogP contribution < -0.4 is 20.7 Å². The van der Waals surface area contributed by atoms with E-state index in [9.17, 15) is 27.6 Å². The highest BCUT2D eigenvalue weighted by Gasteiger charge is 2.39. The van der Waals surface area contributed by atoms with Gasteiger partial charge in [-0.25, -0.2) is 23.3 Å². The summed E-state index contributed by atoms with van der Waals surface area (Å²) in [5.41, 5.74) is 1.11. The molecule has 3 aromatic carbocycles. The van der Waals surface area contributed by atoms with Crippen molar-refractivity contribution in [3.63, 3.8) is 0 Å². The lowest BCUT2D eigenvalue weighted by molar-refractivity contribution is -0.120. The molecule has 0 spiro atoms. The van der Waals surface area contributed by atoms with Gasteiger partial charge in [-0.3, -0.25) is 14.4 Å². The standard InChI is InChI=1S/C27H23ClN4O7S/c1-15(2)39-27(36)16-6-10-20(11-7-16)32-25(34)22(28)23(26(32)35)30-19-5-3-4-17(14-19)24(33)31-18-8-12-21(13-9-18)40(29,37)38/h3-15,30H,1-2H3,(H,31,33)(H2,29,37,38). The maximum Gasteiger partial charge on any atom is 0.338 e. The Balaban J connectivity index is 1.48. The van der Waals surface area contributed by atoms with Gasteiger partial charge >= 0.3 is 5.97 Å². The summed E-state index contributed by atoms with van der Waals surface area (Å²) < 4.78 is 28.0. The molecule has 11 nitrogen and oxygen atoms in total. The first-order chi connectivity index (χ1) is 18.8. The predicted molar refractivity (Wildman–Crippen MR) is 148 cm³/mol. The van der Waals surface area contributed by atoms with Crippen molar-refractivity contribution in [3.05, 3.63) is 94.7 Å². The number of halogens is 1. The number of amides is 3. The highest BCUT2D eigenvalue weighted by molar-refractivity contribution is 7.89. The molecule has 3 aromatic rings. The van der Waals surface area contributed by atoms with Crippen LogP contribution in [-0.2, 0) is 24.3 Å². The Labute approximate surface area is 234 Å². The van der Waals surface area contributed by atoms with Crippen molar-refractivity contribution in [3.8, 4) is 0 Å². The summed E-state index contributed by atoms with van der Waals surface area (Å²) >= 11 is 6.21. The van der Waals surface area contributed by atoms with E-state index in [-0.39, 0.29) is 38.5 Å². The van der Waals surface area contributed by atoms with Crippen molar-refractivity contribution < 1.29 is 32.3 Å². The van der Waals surface area contributed by atoms with E-state index in [1.165, 1.54) is 60.7 Å². The summed E-state index contributed by atoms with van der Waals surface area (Å²) in [6.45, 7) is 3.44. The van der Waals surface area contributed by atoms with Gasteiger partial charge in [-0.15, -0.1) is 0 Å². The Bertz CT molecular complexity index is 1650. The lowest BCUT2D eigenvalue weighted by Crippen LogP contribution is -2.32. The SMILES string of the molecule is CC(C)OC(=O)c1ccc(N2C(=O)C(Cl)=C(Nc3cccc(C(=O)Nc4ccc(S(N)(=O)=O)cc4)c3)C2=O)cc1. The average molecular weight is 583 g/mol. The van der Waals surface area contributed by atoms with Gasteiger partial charge in [-0.05, 0) is 80.6 Å². The molecule has 0 saturated heterocycles. The summed E-state index contributed by atoms with van der Waals surface area (Å²) in [6.07, 6.45) is -0.306. The van der Waals surface area contributed by atoms with E-state index in [1.54, 1.807) is 26.0 Å². The molecule has 0 aliphatic carbocycles. The Morgan fingerprint density at radius 3 is 2.15 bits per heavy atom. The van der Waals surface area contributed by atoms with E-state index in [0.29, 0.717) is 11.4 Å². The number of nitrogens with one attached hydrogen (secondary N) is 2. The number of sulfonamides is 1. The van der Waals surface area contributed by atoms with Crippen LogP contribution in [0.1, 0.15) is 34.6 Å². The average Bonchev–Trinajstić information content (AvgIpc) is 3.11. The third kappa shape index (κ3) is 6.20. The smallest absolute Gasteiger partial charge is 0.338 e. The number of anilines is 3. The first kappa shape index (κ1) is 28.5. The molecule has 0 atom stereocenters. The number of ether oxygens (including phenoxy) is 1. The number of nitrogens with zero attached hydrogens (tertiary/aromatic N) is 1. The number of hydrogen-bond acceptors (Lipinski definition) is 8. The molecule has 40 heavy (non-hydrogen) atoms. The lowest BCUT2D eigenvalue weighted by Gasteiger charge is -2.16. The maximum atomic E-state index is 13.1. The minimum absolute atomic E-state index is 0.101. The summed E-state index contributed by atoms with van der Waals surface area (Å²) in [5.74, 6) is -2.54. The van der Waals surface area contributed by atoms with Crippen LogP contribution in [0, 0.1) is 0 Å². The van der Waals surface area contributed by atoms with Gasteiger partial charge in [0.25, 0.3) is 17.7 Å². The van der Waals surface area contributed by atoms with Gasteiger partial charge in [-0.2, -0.15) is 0 Å². The van der Waals surface area contributed by atoms with Crippen molar-refractivity contribution in [2.75, 3.05) is 15.5 Å². The maximum absolute atomic E-state index is 13.1. The molecule has 206 valence electrons. The zero-order valence-electron chi connectivity index (χ0n) is 21.2. The van der Waals surface area contributed by atoms with Crippen LogP contribution in [0.5, 0.6) is 0 Å². The molecule has 1 heterocycles. The van der Waals surface area contributed by atoms with Gasteiger partial charge in [-0.1, -0.05) is 17.7 Å². The second-order valence-corrected chi connectivity index (χ2v) is 10.8. The van der Waals surface area contributed by atoms with Crippen LogP contribution in [0.2, 0.25) is 0 Å². The van der Waals surface area contributed by atoms with Crippen LogP contribution in [0.15, 0.2) is 88.4 Å². The Morgan fingerprint density at radius 2 is 1.55 bits per heavy atom. The van der Waals surface area contributed by atoms with Crippen molar-refractivity contribution in [2.45, 2.75) is 24.8 Å². The van der Waals surface area contributed by atoms with Crippen LogP contribution in [-0.4, -0.2) is 38.2 Å². The van der Waals surface area contributed by atoms with Crippen molar-refractivity contribution in [1.82, 2.24) is 0 Å². The van der Waals surface area contributed by atoms with E-state index >= 15 is 0 Å². The third-order valence-electron chi connectivity index (χ3n) is 5.57. The molecule has 1 aliphatic heterocycles. The molecule has 0 unspecified atom stereocenters. The number of imide groups is 1. The highest BCUT2D eigenvalue weighted by atomic mass is 35.5. The van der Waals surface area contributed by atoms with Crippen LogP contribution >= 0.6 is 11.6 Å². The summed E-state index contributed by atoms with van der Waals surface area (Å²) in [5, 5.41) is 10.2. The molecule has 0 fully saturated rings. The summed E-state index contributed by atoms with van der Waals surface area (Å²) in [4.78, 5) is 51.6. The number of carbonyl (C=O) groups is 4. The molecule has 0 aromatic heterocycles. The largest absolute Gasteiger partial charge is 0.459 e. The van der Waals surface area contributed by atoms with Crippen molar-refractivity contribution in [2.24, 2.45) is 5.14 Å². The topological polar surface area (TPSA) is 165 Å². The molecule has 1 aliphatic rings. The highest BCUT2D eigenvalue weighted by Crippen LogP contribution is 2.30. The molecule has 4 N–H and O–H groups in total. The van der Waals surface area contributed by atoms with Gasteiger partial charge in [0, 0.05) is 16.9 Å². The van der Waals surface area contributed by atoms with Gasteiger partial charge < -0.3 is 15.4 Å². The molecule has 3 amide bonds. The Kier molecular flexibility index (Phi) is 8.05. The number of benzene rings is 3. The molecule has 0 saturated carbocycles. The van der Waals surface area contributed by atoms with Gasteiger partial charge in [0.15, 0.2) is 0 Å². The summed E-state index contributed by atoms with van der Waals surface area (Å²) in [7, 11) is -3.87. The van der Waals surface area contributed by atoms with E-state index in [4.69, 9.17) is 21.5 Å². The minimum Gasteiger partial charge on any atom is -0.459 e. The van der Waals surface area contributed by atoms with E-state index in [2.05, 4.69) is 10.6 Å². The first-order valence-corrected chi connectivity index (χ1v) is 13.7. The molecule has 0 radical (unpaired) electrons. The zero-order chi connectivity index (χ0) is 29.2. The fraction of sp³-hybridized carbons (Fsp3) is 0.111. The monoisotopic (exact) mass is 582 g/mol. The molecule has 13 heteroatoms. The second kappa shape index (κ2) is 11.3. The van der Waals surface area contributed by atoms with Crippen LogP contribution in [0.4, 0.5) is 17.1 Å². The minimum atomic E-state index is -3.87. The van der Waals surface area contributed by atoms with E-state index < -0.39 is 33.7 Å². The van der Waals surface area contributed by atoms with Gasteiger partial charge in [0.1, 0.15) is 10.7 Å². The number of primary sulfonamides is 1. The fourth-order valence-electron chi connectivity index (χ4n) is 3.69. The van der Waals surface area contributed by atoms with Gasteiger partial charge in [0.05, 0.1) is 22.3 Å². The van der Waals surface area contributed by atoms with Crippen LogP contribution in [0.3, 0.4) is 0 Å². The second-order valence-electron chi connectivity index (χ2n) is 8.86. The predicted octanol–water partition coefficient (Wildman–Crippen LogP) is 3.59. The Morgan fingerprint density at radius 1 is 0.900 bits per heavy atom. The lowest BCUT2D eigenvalue weighted by atomic mass is 10.1. The number of carbonyl (C=O) groups excluding carboxylic acids is 4. The number of nitrogens with two attached hydrogens (primary N) is 1. The Hall–Kier alpha value is -4.52. The quantitative estimate of drug-likeness (QED) is 0.268. The van der Waals surface area contributed by atoms with Crippen molar-refractivity contribution >= 4 is 62.4 Å². The number of hydrogen-bond donors (Lipinski definition) is 3. The normalized spacial score (nSPS) is 13.6. The third-order valence-corrected chi connectivity index (χ3v) is 6.85. The van der Waals surface area contributed by atoms with Gasteiger partial charge in [0.2, 0.25) is 10.0 Å². The number of esters is 1. The molecule has 0 bridgehead atoms. The molecular formula is C27H23ClN4O7S. The van der Waals surface area contributed by atoms with E-state index in [0.717, 1.165) is 4.90 Å². The molecular weight excluding hydrogens is 560 g/mol. The zero-order valence-corrected chi connectivity index (χ0v) is 22.7. The fourth-order valence-corrected chi connectivity index (χ4v) is 4.42. The number of rotatable bonds is 8. The van der Waals surface area contributed by atoms with E-state index in [1.807, 2.05) is 0 Å². The molecule has 4 rings (SSSR count). The summed E-state index contributed by atoms with van der Waals surface area (Å²) in [6, 6.07) is 17.1. The van der Waals surface area contributed by atoms with Crippen molar-refractivity contribution in [1.29, 1.82) is 0 Å².